The largest absolute Gasteiger partial charge is 0.782 e. The van der Waals surface area contributed by atoms with Crippen LogP contribution in [0.3, 0.4) is 0 Å². The van der Waals surface area contributed by atoms with E-state index in [4.69, 9.17) is 23.5 Å². The van der Waals surface area contributed by atoms with Gasteiger partial charge in [0.05, 0.1) is 6.54 Å². The third-order valence-corrected chi connectivity index (χ3v) is 3.16. The maximum atomic E-state index is 11.1. The molecule has 0 spiro atoms. The maximum absolute atomic E-state index is 11.1. The highest BCUT2D eigenvalue weighted by Crippen LogP contribution is 2.16. The van der Waals surface area contributed by atoms with Crippen LogP contribution < -0.4 is 5.73 Å². The number of carbonyl (C=O) groups is 1. The van der Waals surface area contributed by atoms with Crippen LogP contribution in [-0.2, 0) is 24.0 Å². The molecule has 104 valence electrons. The van der Waals surface area contributed by atoms with Gasteiger partial charge in [-0.15, -0.1) is 0 Å². The van der Waals surface area contributed by atoms with Crippen molar-refractivity contribution in [2.24, 2.45) is 0 Å². The first-order valence-electron chi connectivity index (χ1n) is 5.77. The summed E-state index contributed by atoms with van der Waals surface area (Å²) in [5.41, 5.74) is 7.06. The standard InChI is InChI=1S/C12H18N4O2S/c1-8(11(19)3-4-17)16(7-18)6-10-5-14-9(2)15-12(10)13/h5,7,17,19H,3-4,6H2,1-2H3,(H2,13,14,15)/p-1/b11-8+. The SMILES string of the molecule is C/C(=C(\[S-])CCO)N(C=O)Cc1cnc(C)nc1N. The van der Waals surface area contributed by atoms with Crippen LogP contribution in [0.2, 0.25) is 0 Å². The summed E-state index contributed by atoms with van der Waals surface area (Å²) in [6.45, 7) is 3.69. The van der Waals surface area contributed by atoms with Gasteiger partial charge in [-0.3, -0.25) is 4.79 Å². The highest BCUT2D eigenvalue weighted by molar-refractivity contribution is 7.63. The summed E-state index contributed by atoms with van der Waals surface area (Å²) in [7, 11) is 0. The van der Waals surface area contributed by atoms with Gasteiger partial charge in [0, 0.05) is 18.4 Å². The molecular formula is C12H17N4O2S-. The molecule has 6 nitrogen and oxygen atoms in total. The number of nitrogens with zero attached hydrogens (tertiary/aromatic N) is 3. The van der Waals surface area contributed by atoms with Crippen molar-refractivity contribution in [1.29, 1.82) is 0 Å². The van der Waals surface area contributed by atoms with Gasteiger partial charge in [0.2, 0.25) is 6.41 Å². The summed E-state index contributed by atoms with van der Waals surface area (Å²) in [6, 6.07) is 0. The average Bonchev–Trinajstić information content (AvgIpc) is 2.37. The van der Waals surface area contributed by atoms with Gasteiger partial charge in [0.25, 0.3) is 0 Å². The van der Waals surface area contributed by atoms with Crippen molar-refractivity contribution >= 4 is 24.9 Å². The van der Waals surface area contributed by atoms with Gasteiger partial charge in [-0.2, -0.15) is 4.91 Å². The Kier molecular flexibility index (Phi) is 5.65. The number of hydrogen-bond acceptors (Lipinski definition) is 6. The number of aliphatic hydroxyl groups excluding tert-OH is 1. The second-order valence-electron chi connectivity index (χ2n) is 4.04. The molecule has 1 heterocycles. The van der Waals surface area contributed by atoms with Gasteiger partial charge in [0.15, 0.2) is 0 Å². The molecule has 0 saturated carbocycles. The molecule has 3 N–H and O–H groups in total. The molecule has 1 rings (SSSR count). The van der Waals surface area contributed by atoms with Crippen molar-refractivity contribution in [3.63, 3.8) is 0 Å². The van der Waals surface area contributed by atoms with Crippen molar-refractivity contribution < 1.29 is 9.90 Å². The van der Waals surface area contributed by atoms with E-state index in [0.29, 0.717) is 40.6 Å². The molecule has 0 aromatic carbocycles. The lowest BCUT2D eigenvalue weighted by molar-refractivity contribution is -0.116. The molecule has 0 fully saturated rings. The Morgan fingerprint density at radius 1 is 1.63 bits per heavy atom. The van der Waals surface area contributed by atoms with E-state index in [-0.39, 0.29) is 13.2 Å². The van der Waals surface area contributed by atoms with Gasteiger partial charge in [-0.1, -0.05) is 0 Å². The van der Waals surface area contributed by atoms with Crippen LogP contribution in [-0.4, -0.2) is 33.0 Å². The van der Waals surface area contributed by atoms with Crippen LogP contribution in [0, 0.1) is 6.92 Å². The number of amides is 1. The van der Waals surface area contributed by atoms with E-state index in [1.807, 2.05) is 0 Å². The predicted molar refractivity (Wildman–Crippen MR) is 74.6 cm³/mol. The van der Waals surface area contributed by atoms with Crippen LogP contribution in [0.5, 0.6) is 0 Å². The van der Waals surface area contributed by atoms with E-state index in [9.17, 15) is 4.79 Å². The number of aromatic nitrogens is 2. The van der Waals surface area contributed by atoms with Gasteiger partial charge < -0.3 is 28.4 Å². The third-order valence-electron chi connectivity index (χ3n) is 2.66. The lowest BCUT2D eigenvalue weighted by Crippen LogP contribution is -2.22. The first-order chi connectivity index (χ1) is 8.99. The summed E-state index contributed by atoms with van der Waals surface area (Å²) < 4.78 is 0. The summed E-state index contributed by atoms with van der Waals surface area (Å²) in [4.78, 5) is 21.2. The molecule has 0 atom stereocenters. The highest BCUT2D eigenvalue weighted by Gasteiger charge is 2.09. The Balaban J connectivity index is 2.93. The second-order valence-corrected chi connectivity index (χ2v) is 4.54. The van der Waals surface area contributed by atoms with Gasteiger partial charge >= 0.3 is 0 Å². The number of carbonyl (C=O) groups excluding carboxylic acids is 1. The minimum absolute atomic E-state index is 0.0430. The summed E-state index contributed by atoms with van der Waals surface area (Å²) >= 11 is 5.13. The van der Waals surface area contributed by atoms with E-state index < -0.39 is 0 Å². The monoisotopic (exact) mass is 281 g/mol. The maximum Gasteiger partial charge on any atom is 0.214 e. The number of rotatable bonds is 6. The van der Waals surface area contributed by atoms with Crippen LogP contribution in [0.1, 0.15) is 24.7 Å². The average molecular weight is 281 g/mol. The quantitative estimate of drug-likeness (QED) is 0.582. The Morgan fingerprint density at radius 3 is 2.84 bits per heavy atom. The van der Waals surface area contributed by atoms with Gasteiger partial charge in [-0.25, -0.2) is 9.97 Å². The molecule has 1 aromatic rings. The van der Waals surface area contributed by atoms with Crippen molar-refractivity contribution in [2.75, 3.05) is 12.3 Å². The molecule has 0 aliphatic rings. The lowest BCUT2D eigenvalue weighted by atomic mass is 10.2. The third kappa shape index (κ3) is 4.15. The van der Waals surface area contributed by atoms with Crippen molar-refractivity contribution in [1.82, 2.24) is 14.9 Å². The number of allylic oxidation sites excluding steroid dienone is 1. The molecule has 0 aliphatic carbocycles. The molecule has 0 radical (unpaired) electrons. The lowest BCUT2D eigenvalue weighted by Gasteiger charge is -2.25. The van der Waals surface area contributed by atoms with E-state index >= 15 is 0 Å². The first kappa shape index (κ1) is 15.3. The second kappa shape index (κ2) is 7.01. The van der Waals surface area contributed by atoms with E-state index in [1.54, 1.807) is 20.0 Å². The fourth-order valence-electron chi connectivity index (χ4n) is 1.50. The summed E-state index contributed by atoms with van der Waals surface area (Å²) in [6.07, 6.45) is 2.63. The fourth-order valence-corrected chi connectivity index (χ4v) is 1.70. The molecule has 0 bridgehead atoms. The zero-order chi connectivity index (χ0) is 14.4. The number of nitrogen functional groups attached to an aromatic ring is 1. The Labute approximate surface area is 117 Å². The van der Waals surface area contributed by atoms with Crippen molar-refractivity contribution in [3.8, 4) is 0 Å². The molecule has 19 heavy (non-hydrogen) atoms. The van der Waals surface area contributed by atoms with E-state index in [0.717, 1.165) is 0 Å². The number of aliphatic hydroxyl groups is 1. The number of nitrogens with two attached hydrogens (primary N) is 1. The first-order valence-corrected chi connectivity index (χ1v) is 6.18. The smallest absolute Gasteiger partial charge is 0.214 e. The molecule has 0 unspecified atom stereocenters. The molecule has 1 amide bonds. The van der Waals surface area contributed by atoms with Crippen LogP contribution in [0.25, 0.3) is 0 Å². The van der Waals surface area contributed by atoms with Crippen molar-refractivity contribution in [3.05, 3.63) is 28.2 Å². The fraction of sp³-hybridized carbons (Fsp3) is 0.417. The zero-order valence-electron chi connectivity index (χ0n) is 11.0. The van der Waals surface area contributed by atoms with E-state index in [2.05, 4.69) is 9.97 Å². The summed E-state index contributed by atoms with van der Waals surface area (Å²) in [5, 5.41) is 8.86. The van der Waals surface area contributed by atoms with Crippen LogP contribution in [0.15, 0.2) is 16.8 Å². The minimum atomic E-state index is -0.0430. The Hall–Kier alpha value is -1.73. The molecule has 1 aromatic heterocycles. The van der Waals surface area contributed by atoms with E-state index in [1.165, 1.54) is 4.90 Å². The normalized spacial score (nSPS) is 11.9. The summed E-state index contributed by atoms with van der Waals surface area (Å²) in [5.74, 6) is 0.927. The van der Waals surface area contributed by atoms with Gasteiger partial charge in [-0.05, 0) is 26.0 Å². The van der Waals surface area contributed by atoms with Crippen LogP contribution in [0.4, 0.5) is 5.82 Å². The van der Waals surface area contributed by atoms with Gasteiger partial charge in [0.1, 0.15) is 11.6 Å². The number of anilines is 1. The minimum Gasteiger partial charge on any atom is -0.782 e. The predicted octanol–water partition coefficient (Wildman–Crippen LogP) is 0.486. The van der Waals surface area contributed by atoms with Crippen molar-refractivity contribution in [2.45, 2.75) is 26.8 Å². The molecule has 7 heteroatoms. The molecule has 0 aliphatic heterocycles. The number of aryl methyl sites for hydroxylation is 1. The topological polar surface area (TPSA) is 92.3 Å². The molecular weight excluding hydrogens is 264 g/mol. The van der Waals surface area contributed by atoms with Crippen LogP contribution >= 0.6 is 0 Å². The Bertz CT molecular complexity index is 491. The molecule has 0 saturated heterocycles. The zero-order valence-corrected chi connectivity index (χ0v) is 11.8. The highest BCUT2D eigenvalue weighted by atomic mass is 32.1. The number of hydrogen-bond donors (Lipinski definition) is 2. The Morgan fingerprint density at radius 2 is 2.32 bits per heavy atom.